The summed E-state index contributed by atoms with van der Waals surface area (Å²) in [6.07, 6.45) is 4.09. The fraction of sp³-hybridized carbons (Fsp3) is 0.684. The molecule has 1 saturated heterocycles. The van der Waals surface area contributed by atoms with E-state index in [2.05, 4.69) is 20.8 Å². The molecule has 1 aliphatic rings. The molecule has 3 nitrogen and oxygen atoms in total. The average molecular weight is 324 g/mol. The van der Waals surface area contributed by atoms with E-state index in [1.54, 1.807) is 0 Å². The Hall–Kier alpha value is -1.29. The van der Waals surface area contributed by atoms with Gasteiger partial charge in [-0.25, -0.2) is 4.39 Å². The van der Waals surface area contributed by atoms with E-state index in [1.165, 1.54) is 6.07 Å². The fourth-order valence-electron chi connectivity index (χ4n) is 2.78. The molecule has 4 heteroatoms. The van der Waals surface area contributed by atoms with Crippen molar-refractivity contribution in [2.45, 2.75) is 71.5 Å². The van der Waals surface area contributed by atoms with Crippen molar-refractivity contribution in [1.29, 1.82) is 0 Å². The molecule has 2 rings (SSSR count). The molecule has 1 heterocycles. The number of ether oxygens (including phenoxy) is 3. The summed E-state index contributed by atoms with van der Waals surface area (Å²) in [6, 6.07) is 3.31. The summed E-state index contributed by atoms with van der Waals surface area (Å²) in [5, 5.41) is 0. The van der Waals surface area contributed by atoms with E-state index in [0.717, 1.165) is 25.7 Å². The van der Waals surface area contributed by atoms with Crippen LogP contribution in [0.5, 0.6) is 11.5 Å². The van der Waals surface area contributed by atoms with Gasteiger partial charge in [-0.1, -0.05) is 20.8 Å². The van der Waals surface area contributed by atoms with E-state index < -0.39 is 0 Å². The molecule has 3 unspecified atom stereocenters. The van der Waals surface area contributed by atoms with E-state index in [-0.39, 0.29) is 17.8 Å². The van der Waals surface area contributed by atoms with Gasteiger partial charge in [0.1, 0.15) is 5.82 Å². The average Bonchev–Trinajstić information content (AvgIpc) is 3.24. The molecule has 1 fully saturated rings. The van der Waals surface area contributed by atoms with Crippen molar-refractivity contribution in [3.05, 3.63) is 23.5 Å². The maximum atomic E-state index is 14.6. The van der Waals surface area contributed by atoms with Crippen molar-refractivity contribution in [2.24, 2.45) is 0 Å². The molecule has 1 aliphatic heterocycles. The Morgan fingerprint density at radius 2 is 1.65 bits per heavy atom. The van der Waals surface area contributed by atoms with Gasteiger partial charge in [0.15, 0.2) is 11.5 Å². The SMILES string of the molecule is CCCOc1cc(F)c(C(CC)CC2OC2C)cc1OCCC. The monoisotopic (exact) mass is 324 g/mol. The molecule has 130 valence electrons. The summed E-state index contributed by atoms with van der Waals surface area (Å²) in [7, 11) is 0. The minimum absolute atomic E-state index is 0.147. The van der Waals surface area contributed by atoms with Crippen LogP contribution >= 0.6 is 0 Å². The topological polar surface area (TPSA) is 31.0 Å². The Morgan fingerprint density at radius 1 is 1.09 bits per heavy atom. The van der Waals surface area contributed by atoms with Crippen LogP contribution < -0.4 is 9.47 Å². The van der Waals surface area contributed by atoms with Gasteiger partial charge in [0.2, 0.25) is 0 Å². The summed E-state index contributed by atoms with van der Waals surface area (Å²) in [4.78, 5) is 0. The van der Waals surface area contributed by atoms with Crippen LogP contribution in [0.2, 0.25) is 0 Å². The van der Waals surface area contributed by atoms with Crippen LogP contribution in [0.15, 0.2) is 12.1 Å². The van der Waals surface area contributed by atoms with Crippen LogP contribution in [0, 0.1) is 5.82 Å². The third kappa shape index (κ3) is 4.84. The second kappa shape index (κ2) is 8.53. The number of rotatable bonds is 10. The Kier molecular flexibility index (Phi) is 6.70. The van der Waals surface area contributed by atoms with Crippen molar-refractivity contribution in [1.82, 2.24) is 0 Å². The standard InChI is InChI=1S/C19H29FO3/c1-5-8-21-18-11-15(14(7-3)10-17-13(4)23-17)16(20)12-19(18)22-9-6-2/h11-14,17H,5-10H2,1-4H3. The summed E-state index contributed by atoms with van der Waals surface area (Å²) >= 11 is 0. The zero-order chi connectivity index (χ0) is 16.8. The van der Waals surface area contributed by atoms with Crippen molar-refractivity contribution < 1.29 is 18.6 Å². The first-order chi connectivity index (χ1) is 11.1. The first-order valence-electron chi connectivity index (χ1n) is 8.85. The number of hydrogen-bond donors (Lipinski definition) is 0. The zero-order valence-electron chi connectivity index (χ0n) is 14.7. The number of halogens is 1. The van der Waals surface area contributed by atoms with Gasteiger partial charge in [-0.2, -0.15) is 0 Å². The van der Waals surface area contributed by atoms with Crippen LogP contribution in [-0.4, -0.2) is 25.4 Å². The highest BCUT2D eigenvalue weighted by Crippen LogP contribution is 2.39. The highest BCUT2D eigenvalue weighted by molar-refractivity contribution is 5.45. The summed E-state index contributed by atoms with van der Waals surface area (Å²) in [5.41, 5.74) is 0.713. The first-order valence-corrected chi connectivity index (χ1v) is 8.85. The van der Waals surface area contributed by atoms with Gasteiger partial charge in [-0.15, -0.1) is 0 Å². The third-order valence-corrected chi connectivity index (χ3v) is 4.27. The highest BCUT2D eigenvalue weighted by atomic mass is 19.1. The van der Waals surface area contributed by atoms with Gasteiger partial charge in [-0.05, 0) is 50.2 Å². The van der Waals surface area contributed by atoms with Crippen molar-refractivity contribution in [3.63, 3.8) is 0 Å². The maximum absolute atomic E-state index is 14.6. The number of hydrogen-bond acceptors (Lipinski definition) is 3. The predicted octanol–water partition coefficient (Wildman–Crippen LogP) is 5.07. The molecule has 0 bridgehead atoms. The van der Waals surface area contributed by atoms with Gasteiger partial charge in [0.05, 0.1) is 25.4 Å². The van der Waals surface area contributed by atoms with Gasteiger partial charge in [-0.3, -0.25) is 0 Å². The molecule has 0 aliphatic carbocycles. The summed E-state index contributed by atoms with van der Waals surface area (Å²) in [6.45, 7) is 9.40. The number of benzene rings is 1. The normalized spacial score (nSPS) is 21.1. The fourth-order valence-corrected chi connectivity index (χ4v) is 2.78. The largest absolute Gasteiger partial charge is 0.490 e. The van der Waals surface area contributed by atoms with Crippen molar-refractivity contribution in [2.75, 3.05) is 13.2 Å². The molecule has 0 aromatic heterocycles. The van der Waals surface area contributed by atoms with Crippen LogP contribution in [-0.2, 0) is 4.74 Å². The van der Waals surface area contributed by atoms with Crippen LogP contribution in [0.1, 0.15) is 64.9 Å². The van der Waals surface area contributed by atoms with Crippen molar-refractivity contribution in [3.8, 4) is 11.5 Å². The Balaban J connectivity index is 2.22. The molecule has 0 saturated carbocycles. The molecular weight excluding hydrogens is 295 g/mol. The van der Waals surface area contributed by atoms with Gasteiger partial charge in [0, 0.05) is 6.07 Å². The molecular formula is C19H29FO3. The molecule has 0 spiro atoms. The lowest BCUT2D eigenvalue weighted by atomic mass is 9.90. The quantitative estimate of drug-likeness (QED) is 0.563. The lowest BCUT2D eigenvalue weighted by Crippen LogP contribution is -2.08. The molecule has 0 N–H and O–H groups in total. The maximum Gasteiger partial charge on any atom is 0.164 e. The second-order valence-corrected chi connectivity index (χ2v) is 6.24. The second-order valence-electron chi connectivity index (χ2n) is 6.24. The lowest BCUT2D eigenvalue weighted by Gasteiger charge is -2.19. The Morgan fingerprint density at radius 3 is 2.13 bits per heavy atom. The van der Waals surface area contributed by atoms with Gasteiger partial charge >= 0.3 is 0 Å². The predicted molar refractivity (Wildman–Crippen MR) is 90.0 cm³/mol. The van der Waals surface area contributed by atoms with E-state index >= 15 is 0 Å². The number of epoxide rings is 1. The van der Waals surface area contributed by atoms with E-state index in [9.17, 15) is 4.39 Å². The summed E-state index contributed by atoms with van der Waals surface area (Å²) in [5.74, 6) is 1.10. The molecule has 3 atom stereocenters. The molecule has 0 radical (unpaired) electrons. The van der Waals surface area contributed by atoms with Crippen molar-refractivity contribution >= 4 is 0 Å². The minimum atomic E-state index is -0.208. The molecule has 1 aromatic rings. The Labute approximate surface area is 139 Å². The summed E-state index contributed by atoms with van der Waals surface area (Å²) < 4.78 is 31.6. The molecule has 0 amide bonds. The van der Waals surface area contributed by atoms with E-state index in [0.29, 0.717) is 36.4 Å². The molecule has 23 heavy (non-hydrogen) atoms. The van der Waals surface area contributed by atoms with Crippen LogP contribution in [0.4, 0.5) is 4.39 Å². The van der Waals surface area contributed by atoms with Gasteiger partial charge in [0.25, 0.3) is 0 Å². The highest BCUT2D eigenvalue weighted by Gasteiger charge is 2.36. The third-order valence-electron chi connectivity index (χ3n) is 4.27. The van der Waals surface area contributed by atoms with Crippen LogP contribution in [0.25, 0.3) is 0 Å². The first kappa shape index (κ1) is 18.1. The Bertz CT molecular complexity index is 504. The van der Waals surface area contributed by atoms with E-state index in [1.807, 2.05) is 13.0 Å². The van der Waals surface area contributed by atoms with Gasteiger partial charge < -0.3 is 14.2 Å². The lowest BCUT2D eigenvalue weighted by molar-refractivity contribution is 0.266. The smallest absolute Gasteiger partial charge is 0.164 e. The zero-order valence-corrected chi connectivity index (χ0v) is 14.7. The minimum Gasteiger partial charge on any atom is -0.490 e. The van der Waals surface area contributed by atoms with E-state index in [4.69, 9.17) is 14.2 Å². The van der Waals surface area contributed by atoms with Crippen LogP contribution in [0.3, 0.4) is 0 Å². The molecule has 1 aromatic carbocycles.